The van der Waals surface area contributed by atoms with Crippen LogP contribution in [0, 0.1) is 38.4 Å². The highest BCUT2D eigenvalue weighted by molar-refractivity contribution is 6.48. The monoisotopic (exact) mass is 647 g/mol. The molecule has 1 fully saturated rings. The van der Waals surface area contributed by atoms with E-state index in [1.54, 1.807) is 0 Å². The number of carbonyl (C=O) groups is 2. The zero-order valence-electron chi connectivity index (χ0n) is 32.6. The Balaban J connectivity index is 0.000000388. The van der Waals surface area contributed by atoms with Gasteiger partial charge in [-0.05, 0) is 12.3 Å². The van der Waals surface area contributed by atoms with E-state index < -0.39 is 34.1 Å². The normalized spacial score (nSPS) is 21.6. The van der Waals surface area contributed by atoms with E-state index >= 15 is 0 Å². The van der Waals surface area contributed by atoms with Gasteiger partial charge in [-0.2, -0.15) is 0 Å². The van der Waals surface area contributed by atoms with Crippen molar-refractivity contribution in [1.82, 2.24) is 0 Å². The molecule has 0 amide bonds. The van der Waals surface area contributed by atoms with Crippen molar-refractivity contribution in [1.29, 1.82) is 0 Å². The van der Waals surface area contributed by atoms with Gasteiger partial charge in [0.1, 0.15) is 0 Å². The Morgan fingerprint density at radius 2 is 0.804 bits per heavy atom. The SMILES string of the molecule is CC(C)(C)C1=NC(C(=O)O)(C(C)(C)C)N=C1C(C)(C)C.CC(C)(C)C1=NC(C(=O)O)(C(C)(C)C)N=C1C(C)(C)C.CC1CCOC1. The Labute approximate surface area is 279 Å². The molecule has 1 saturated heterocycles. The highest BCUT2D eigenvalue weighted by Crippen LogP contribution is 2.45. The van der Waals surface area contributed by atoms with Crippen molar-refractivity contribution in [2.75, 3.05) is 13.2 Å². The van der Waals surface area contributed by atoms with Gasteiger partial charge in [0.2, 0.25) is 0 Å². The summed E-state index contributed by atoms with van der Waals surface area (Å²) in [6.45, 7) is 40.0. The molecule has 46 heavy (non-hydrogen) atoms. The molecule has 3 rings (SSSR count). The number of aliphatic imine (C=N–C) groups is 4. The molecule has 9 heteroatoms. The van der Waals surface area contributed by atoms with Crippen LogP contribution in [-0.2, 0) is 14.3 Å². The number of rotatable bonds is 2. The summed E-state index contributed by atoms with van der Waals surface area (Å²) in [5.41, 5.74) is -1.68. The third-order valence-corrected chi connectivity index (χ3v) is 8.23. The Hall–Kier alpha value is -2.42. The minimum absolute atomic E-state index is 0.228. The minimum Gasteiger partial charge on any atom is -0.478 e. The zero-order chi connectivity index (χ0) is 36.7. The number of nitrogens with zero attached hydrogens (tertiary/aromatic N) is 4. The molecule has 0 aromatic rings. The van der Waals surface area contributed by atoms with Crippen molar-refractivity contribution in [3.05, 3.63) is 0 Å². The fourth-order valence-corrected chi connectivity index (χ4v) is 5.16. The number of hydrogen-bond donors (Lipinski definition) is 2. The first-order chi connectivity index (χ1) is 20.1. The molecular weight excluding hydrogens is 580 g/mol. The van der Waals surface area contributed by atoms with Gasteiger partial charge in [-0.15, -0.1) is 0 Å². The zero-order valence-corrected chi connectivity index (χ0v) is 32.6. The van der Waals surface area contributed by atoms with Crippen LogP contribution in [0.1, 0.15) is 138 Å². The predicted molar refractivity (Wildman–Crippen MR) is 192 cm³/mol. The standard InChI is InChI=1S/2C16H28N2O2.C5H10O/c2*1-13(2,3)10-11(14(4,5)6)18-16(17-10,12(19)20)15(7,8)9;1-5-2-3-6-4-5/h2*1-9H3,(H,19,20);5H,2-4H2,1H3. The van der Waals surface area contributed by atoms with Gasteiger partial charge in [0, 0.05) is 45.7 Å². The minimum atomic E-state index is -1.42. The number of carboxylic acid groups (broad SMARTS) is 2. The first kappa shape index (κ1) is 41.6. The molecule has 0 aromatic carbocycles. The van der Waals surface area contributed by atoms with Gasteiger partial charge >= 0.3 is 11.9 Å². The second kappa shape index (κ2) is 13.2. The topological polar surface area (TPSA) is 133 Å². The van der Waals surface area contributed by atoms with E-state index in [9.17, 15) is 19.8 Å². The molecule has 0 bridgehead atoms. The second-order valence-corrected chi connectivity index (χ2v) is 19.3. The molecule has 1 unspecified atom stereocenters. The second-order valence-electron chi connectivity index (χ2n) is 19.3. The maximum atomic E-state index is 11.9. The molecule has 3 aliphatic rings. The number of aliphatic carboxylic acids is 2. The van der Waals surface area contributed by atoms with Gasteiger partial charge in [0.15, 0.2) is 0 Å². The van der Waals surface area contributed by atoms with Gasteiger partial charge in [-0.25, -0.2) is 29.6 Å². The van der Waals surface area contributed by atoms with Crippen LogP contribution in [0.15, 0.2) is 20.0 Å². The molecule has 264 valence electrons. The molecule has 0 aliphatic carbocycles. The lowest BCUT2D eigenvalue weighted by molar-refractivity contribution is -0.147. The van der Waals surface area contributed by atoms with Gasteiger partial charge in [-0.3, -0.25) is 0 Å². The maximum absolute atomic E-state index is 11.9. The van der Waals surface area contributed by atoms with Crippen LogP contribution in [0.3, 0.4) is 0 Å². The van der Waals surface area contributed by atoms with E-state index in [4.69, 9.17) is 4.74 Å². The predicted octanol–water partition coefficient (Wildman–Crippen LogP) is 8.65. The van der Waals surface area contributed by atoms with Crippen molar-refractivity contribution in [2.45, 2.75) is 149 Å². The molecular formula is C37H66N4O5. The largest absolute Gasteiger partial charge is 0.478 e. The van der Waals surface area contributed by atoms with E-state index in [-0.39, 0.29) is 21.7 Å². The van der Waals surface area contributed by atoms with Crippen molar-refractivity contribution in [3.63, 3.8) is 0 Å². The van der Waals surface area contributed by atoms with Gasteiger partial charge in [0.05, 0.1) is 22.8 Å². The summed E-state index contributed by atoms with van der Waals surface area (Å²) in [5, 5.41) is 19.5. The Bertz CT molecular complexity index is 1100. The van der Waals surface area contributed by atoms with Crippen molar-refractivity contribution in [3.8, 4) is 0 Å². The third kappa shape index (κ3) is 9.13. The summed E-state index contributed by atoms with van der Waals surface area (Å²) >= 11 is 0. The Morgan fingerprint density at radius 1 is 0.565 bits per heavy atom. The summed E-state index contributed by atoms with van der Waals surface area (Å²) < 4.78 is 5.06. The molecule has 1 atom stereocenters. The van der Waals surface area contributed by atoms with Crippen LogP contribution in [-0.4, -0.2) is 69.5 Å². The molecule has 3 aliphatic heterocycles. The number of ether oxygens (including phenoxy) is 1. The summed E-state index contributed by atoms with van der Waals surface area (Å²) in [6, 6.07) is 0. The molecule has 0 radical (unpaired) electrons. The van der Waals surface area contributed by atoms with Gasteiger partial charge in [-0.1, -0.05) is 132 Å². The Kier molecular flexibility index (Phi) is 12.0. The third-order valence-electron chi connectivity index (χ3n) is 8.23. The van der Waals surface area contributed by atoms with E-state index in [1.165, 1.54) is 6.42 Å². The summed E-state index contributed by atoms with van der Waals surface area (Å²) in [4.78, 5) is 42.3. The van der Waals surface area contributed by atoms with Crippen molar-refractivity contribution < 1.29 is 24.5 Å². The average molecular weight is 647 g/mol. The lowest BCUT2D eigenvalue weighted by Crippen LogP contribution is -2.46. The molecule has 2 N–H and O–H groups in total. The van der Waals surface area contributed by atoms with E-state index in [2.05, 4.69) is 26.9 Å². The van der Waals surface area contributed by atoms with Crippen LogP contribution in [0.4, 0.5) is 0 Å². The molecule has 0 aromatic heterocycles. The molecule has 0 spiro atoms. The molecule has 3 heterocycles. The maximum Gasteiger partial charge on any atom is 0.354 e. The highest BCUT2D eigenvalue weighted by Gasteiger charge is 2.56. The Morgan fingerprint density at radius 3 is 0.891 bits per heavy atom. The summed E-state index contributed by atoms with van der Waals surface area (Å²) in [7, 11) is 0. The van der Waals surface area contributed by atoms with E-state index in [0.29, 0.717) is 0 Å². The lowest BCUT2D eigenvalue weighted by Gasteiger charge is -2.32. The van der Waals surface area contributed by atoms with Crippen molar-refractivity contribution >= 4 is 34.8 Å². The van der Waals surface area contributed by atoms with Crippen LogP contribution >= 0.6 is 0 Å². The van der Waals surface area contributed by atoms with E-state index in [0.717, 1.165) is 42.0 Å². The van der Waals surface area contributed by atoms with Crippen LogP contribution in [0.5, 0.6) is 0 Å². The fraction of sp³-hybridized carbons (Fsp3) is 0.838. The molecule has 0 saturated carbocycles. The number of hydrogen-bond acceptors (Lipinski definition) is 7. The highest BCUT2D eigenvalue weighted by atomic mass is 16.5. The van der Waals surface area contributed by atoms with Gasteiger partial charge < -0.3 is 14.9 Å². The van der Waals surface area contributed by atoms with Crippen LogP contribution in [0.2, 0.25) is 0 Å². The van der Waals surface area contributed by atoms with Gasteiger partial charge in [0.25, 0.3) is 11.3 Å². The smallest absolute Gasteiger partial charge is 0.354 e. The summed E-state index contributed by atoms with van der Waals surface area (Å²) in [6.07, 6.45) is 1.26. The summed E-state index contributed by atoms with van der Waals surface area (Å²) in [5.74, 6) is -1.14. The quantitative estimate of drug-likeness (QED) is 0.310. The first-order valence-corrected chi connectivity index (χ1v) is 16.6. The average Bonchev–Trinajstić information content (AvgIpc) is 3.54. The lowest BCUT2D eigenvalue weighted by atomic mass is 9.78. The fourth-order valence-electron chi connectivity index (χ4n) is 5.16. The van der Waals surface area contributed by atoms with Crippen LogP contribution < -0.4 is 0 Å². The van der Waals surface area contributed by atoms with E-state index in [1.807, 2.05) is 125 Å². The number of carboxylic acids is 2. The van der Waals surface area contributed by atoms with Crippen LogP contribution in [0.25, 0.3) is 0 Å². The van der Waals surface area contributed by atoms with Crippen molar-refractivity contribution in [2.24, 2.45) is 58.4 Å². The first-order valence-electron chi connectivity index (χ1n) is 16.6. The molecule has 9 nitrogen and oxygen atoms in total.